The van der Waals surface area contributed by atoms with Gasteiger partial charge in [-0.3, -0.25) is 19.1 Å². The SMILES string of the molecule is CS(=O)c1ccc(C(=O)Nc2cccc([N+](=O)[O-])c2)cc1. The average Bonchev–Trinajstić information content (AvgIpc) is 2.47. The molecule has 7 heteroatoms. The van der Waals surface area contributed by atoms with E-state index in [4.69, 9.17) is 0 Å². The van der Waals surface area contributed by atoms with Gasteiger partial charge in [0.1, 0.15) is 0 Å². The maximum atomic E-state index is 12.0. The Morgan fingerprint density at radius 2 is 1.86 bits per heavy atom. The molecular formula is C14H12N2O4S. The van der Waals surface area contributed by atoms with Gasteiger partial charge in [0.15, 0.2) is 0 Å². The van der Waals surface area contributed by atoms with E-state index in [0.29, 0.717) is 16.1 Å². The molecule has 2 rings (SSSR count). The molecule has 21 heavy (non-hydrogen) atoms. The van der Waals surface area contributed by atoms with E-state index in [9.17, 15) is 19.1 Å². The normalized spacial score (nSPS) is 11.7. The van der Waals surface area contributed by atoms with Crippen LogP contribution in [0.15, 0.2) is 53.4 Å². The van der Waals surface area contributed by atoms with E-state index in [1.165, 1.54) is 18.2 Å². The number of hydrogen-bond donors (Lipinski definition) is 1. The van der Waals surface area contributed by atoms with Crippen LogP contribution in [0.2, 0.25) is 0 Å². The predicted molar refractivity (Wildman–Crippen MR) is 79.8 cm³/mol. The Morgan fingerprint density at radius 3 is 2.43 bits per heavy atom. The van der Waals surface area contributed by atoms with Gasteiger partial charge in [0.05, 0.1) is 4.92 Å². The summed E-state index contributed by atoms with van der Waals surface area (Å²) in [6.45, 7) is 0. The number of carbonyl (C=O) groups is 1. The molecule has 108 valence electrons. The van der Waals surface area contributed by atoms with Crippen molar-refractivity contribution in [2.75, 3.05) is 11.6 Å². The van der Waals surface area contributed by atoms with Crippen LogP contribution >= 0.6 is 0 Å². The molecule has 0 aromatic heterocycles. The first-order chi connectivity index (χ1) is 9.97. The Hall–Kier alpha value is -2.54. The van der Waals surface area contributed by atoms with E-state index < -0.39 is 15.7 Å². The van der Waals surface area contributed by atoms with Crippen LogP contribution in [0, 0.1) is 10.1 Å². The summed E-state index contributed by atoms with van der Waals surface area (Å²) in [6, 6.07) is 12.0. The van der Waals surface area contributed by atoms with E-state index in [0.717, 1.165) is 0 Å². The Bertz CT molecular complexity index is 713. The molecule has 2 aromatic rings. The van der Waals surface area contributed by atoms with Crippen molar-refractivity contribution in [3.8, 4) is 0 Å². The van der Waals surface area contributed by atoms with E-state index in [1.807, 2.05) is 0 Å². The summed E-state index contributed by atoms with van der Waals surface area (Å²) in [5.74, 6) is -0.385. The fourth-order valence-electron chi connectivity index (χ4n) is 1.70. The molecule has 1 N–H and O–H groups in total. The van der Waals surface area contributed by atoms with Gasteiger partial charge in [-0.15, -0.1) is 0 Å². The Balaban J connectivity index is 2.16. The molecule has 0 spiro atoms. The summed E-state index contributed by atoms with van der Waals surface area (Å²) >= 11 is 0. The molecule has 2 aromatic carbocycles. The zero-order valence-corrected chi connectivity index (χ0v) is 11.9. The van der Waals surface area contributed by atoms with Crippen molar-refractivity contribution in [3.05, 3.63) is 64.2 Å². The highest BCUT2D eigenvalue weighted by Gasteiger charge is 2.10. The third kappa shape index (κ3) is 3.73. The van der Waals surface area contributed by atoms with Crippen molar-refractivity contribution >= 4 is 28.1 Å². The van der Waals surface area contributed by atoms with Crippen molar-refractivity contribution in [3.63, 3.8) is 0 Å². The van der Waals surface area contributed by atoms with E-state index in [1.54, 1.807) is 36.6 Å². The number of nitro groups is 1. The van der Waals surface area contributed by atoms with Crippen LogP contribution < -0.4 is 5.32 Å². The quantitative estimate of drug-likeness (QED) is 0.694. The standard InChI is InChI=1S/C14H12N2O4S/c1-21(20)13-7-5-10(6-8-13)14(17)15-11-3-2-4-12(9-11)16(18)19/h2-9H,1H3,(H,15,17). The first kappa shape index (κ1) is 14.9. The van der Waals surface area contributed by atoms with Gasteiger partial charge in [0.25, 0.3) is 11.6 Å². The van der Waals surface area contributed by atoms with Crippen LogP contribution in [0.25, 0.3) is 0 Å². The second kappa shape index (κ2) is 6.27. The number of nitro benzene ring substituents is 1. The first-order valence-corrected chi connectivity index (χ1v) is 7.52. The number of hydrogen-bond acceptors (Lipinski definition) is 4. The van der Waals surface area contributed by atoms with Crippen LogP contribution in [0.5, 0.6) is 0 Å². The molecule has 0 aliphatic carbocycles. The van der Waals surface area contributed by atoms with Gasteiger partial charge >= 0.3 is 0 Å². The summed E-state index contributed by atoms with van der Waals surface area (Å²) in [7, 11) is -1.10. The molecule has 1 unspecified atom stereocenters. The monoisotopic (exact) mass is 304 g/mol. The average molecular weight is 304 g/mol. The van der Waals surface area contributed by atoms with Crippen LogP contribution in [-0.2, 0) is 10.8 Å². The maximum Gasteiger partial charge on any atom is 0.271 e. The Morgan fingerprint density at radius 1 is 1.19 bits per heavy atom. The second-order valence-electron chi connectivity index (χ2n) is 4.24. The molecule has 0 saturated carbocycles. The Kier molecular flexibility index (Phi) is 4.44. The zero-order valence-electron chi connectivity index (χ0n) is 11.1. The fourth-order valence-corrected chi connectivity index (χ4v) is 2.22. The van der Waals surface area contributed by atoms with Gasteiger partial charge < -0.3 is 5.32 Å². The van der Waals surface area contributed by atoms with Gasteiger partial charge in [-0.05, 0) is 30.3 Å². The van der Waals surface area contributed by atoms with Crippen LogP contribution in [0.1, 0.15) is 10.4 Å². The molecule has 0 aliphatic heterocycles. The highest BCUT2D eigenvalue weighted by molar-refractivity contribution is 7.84. The number of benzene rings is 2. The first-order valence-electron chi connectivity index (χ1n) is 5.96. The van der Waals surface area contributed by atoms with E-state index >= 15 is 0 Å². The number of anilines is 1. The Labute approximate surface area is 123 Å². The third-order valence-electron chi connectivity index (χ3n) is 2.76. The van der Waals surface area contributed by atoms with Gasteiger partial charge in [0.2, 0.25) is 0 Å². The van der Waals surface area contributed by atoms with Crippen molar-refractivity contribution in [2.45, 2.75) is 4.90 Å². The molecule has 1 atom stereocenters. The number of carbonyl (C=O) groups excluding carboxylic acids is 1. The van der Waals surface area contributed by atoms with Gasteiger partial charge in [0, 0.05) is 45.3 Å². The largest absolute Gasteiger partial charge is 0.322 e. The topological polar surface area (TPSA) is 89.3 Å². The lowest BCUT2D eigenvalue weighted by Gasteiger charge is -2.05. The lowest BCUT2D eigenvalue weighted by Crippen LogP contribution is -2.12. The molecule has 1 amide bonds. The van der Waals surface area contributed by atoms with E-state index in [-0.39, 0.29) is 11.6 Å². The maximum absolute atomic E-state index is 12.0. The van der Waals surface area contributed by atoms with Gasteiger partial charge in [-0.2, -0.15) is 0 Å². The number of nitrogens with zero attached hydrogens (tertiary/aromatic N) is 1. The van der Waals surface area contributed by atoms with Crippen LogP contribution in [0.4, 0.5) is 11.4 Å². The molecule has 0 aliphatic rings. The van der Waals surface area contributed by atoms with Crippen molar-refractivity contribution in [2.24, 2.45) is 0 Å². The second-order valence-corrected chi connectivity index (χ2v) is 5.62. The van der Waals surface area contributed by atoms with Crippen molar-refractivity contribution in [1.82, 2.24) is 0 Å². The van der Waals surface area contributed by atoms with Crippen molar-refractivity contribution < 1.29 is 13.9 Å². The predicted octanol–water partition coefficient (Wildman–Crippen LogP) is 2.58. The summed E-state index contributed by atoms with van der Waals surface area (Å²) in [6.07, 6.45) is 1.55. The lowest BCUT2D eigenvalue weighted by molar-refractivity contribution is -0.384. The highest BCUT2D eigenvalue weighted by atomic mass is 32.2. The minimum Gasteiger partial charge on any atom is -0.322 e. The van der Waals surface area contributed by atoms with Crippen molar-refractivity contribution in [1.29, 1.82) is 0 Å². The summed E-state index contributed by atoms with van der Waals surface area (Å²) < 4.78 is 11.3. The molecule has 0 saturated heterocycles. The number of non-ortho nitro benzene ring substituents is 1. The minimum atomic E-state index is -1.10. The smallest absolute Gasteiger partial charge is 0.271 e. The number of rotatable bonds is 4. The van der Waals surface area contributed by atoms with Gasteiger partial charge in [-0.1, -0.05) is 6.07 Å². The molecule has 0 heterocycles. The van der Waals surface area contributed by atoms with Crippen LogP contribution in [-0.4, -0.2) is 21.3 Å². The molecule has 6 nitrogen and oxygen atoms in total. The number of nitrogens with one attached hydrogen (secondary N) is 1. The van der Waals surface area contributed by atoms with Gasteiger partial charge in [-0.25, -0.2) is 0 Å². The zero-order chi connectivity index (χ0) is 15.4. The highest BCUT2D eigenvalue weighted by Crippen LogP contribution is 2.18. The summed E-state index contributed by atoms with van der Waals surface area (Å²) in [4.78, 5) is 22.8. The van der Waals surface area contributed by atoms with Crippen LogP contribution in [0.3, 0.4) is 0 Å². The molecule has 0 radical (unpaired) electrons. The lowest BCUT2D eigenvalue weighted by atomic mass is 10.2. The third-order valence-corrected chi connectivity index (χ3v) is 3.70. The molecule has 0 bridgehead atoms. The number of amides is 1. The summed E-state index contributed by atoms with van der Waals surface area (Å²) in [5.41, 5.74) is 0.637. The summed E-state index contributed by atoms with van der Waals surface area (Å²) in [5, 5.41) is 13.3. The van der Waals surface area contributed by atoms with E-state index in [2.05, 4.69) is 5.32 Å². The fraction of sp³-hybridized carbons (Fsp3) is 0.0714. The molecular weight excluding hydrogens is 292 g/mol. The minimum absolute atomic E-state index is 0.0930. The molecule has 0 fully saturated rings.